The molecule has 1 aromatic carbocycles. The second kappa shape index (κ2) is 6.86. The van der Waals surface area contributed by atoms with Crippen molar-refractivity contribution in [1.29, 1.82) is 0 Å². The summed E-state index contributed by atoms with van der Waals surface area (Å²) < 4.78 is 0. The van der Waals surface area contributed by atoms with Gasteiger partial charge in [0.05, 0.1) is 0 Å². The molecule has 96 valence electrons. The molecule has 0 aliphatic heterocycles. The van der Waals surface area contributed by atoms with Crippen molar-refractivity contribution >= 4 is 17.6 Å². The van der Waals surface area contributed by atoms with Crippen molar-refractivity contribution in [2.75, 3.05) is 13.1 Å². The number of benzene rings is 1. The molecule has 7 heteroatoms. The van der Waals surface area contributed by atoms with Crippen LogP contribution in [0.5, 0.6) is 0 Å². The summed E-state index contributed by atoms with van der Waals surface area (Å²) in [6.45, 7) is 2.29. The largest absolute Gasteiger partial charge is 0.480 e. The smallest absolute Gasteiger partial charge is 0.325 e. The van der Waals surface area contributed by atoms with E-state index in [1.807, 2.05) is 0 Å². The van der Waals surface area contributed by atoms with E-state index in [1.165, 1.54) is 0 Å². The van der Waals surface area contributed by atoms with Crippen molar-refractivity contribution in [3.05, 3.63) is 44.8 Å². The maximum absolute atomic E-state index is 11.2. The maximum atomic E-state index is 11.2. The molecule has 0 radical (unpaired) electrons. The van der Waals surface area contributed by atoms with Crippen molar-refractivity contribution in [2.24, 2.45) is 5.11 Å². The van der Waals surface area contributed by atoms with Crippen LogP contribution in [0.2, 0.25) is 5.02 Å². The molecule has 0 saturated carbocycles. The molecule has 0 spiro atoms. The third-order valence-electron chi connectivity index (χ3n) is 2.41. The SMILES string of the molecule is Cc1cc(Cl)ccc1C(NCCN=[N+]=[N-])C(=O)O. The molecular formula is C11H13ClN4O2. The third-order valence-corrected chi connectivity index (χ3v) is 2.65. The van der Waals surface area contributed by atoms with Crippen LogP contribution in [-0.2, 0) is 4.79 Å². The summed E-state index contributed by atoms with van der Waals surface area (Å²) >= 11 is 5.82. The van der Waals surface area contributed by atoms with Gasteiger partial charge in [-0.25, -0.2) is 0 Å². The second-order valence-corrected chi connectivity index (χ2v) is 4.12. The Labute approximate surface area is 109 Å². The number of aryl methyl sites for hydroxylation is 1. The molecule has 0 fully saturated rings. The molecule has 1 atom stereocenters. The number of carboxylic acid groups (broad SMARTS) is 1. The topological polar surface area (TPSA) is 98.1 Å². The highest BCUT2D eigenvalue weighted by Crippen LogP contribution is 2.21. The maximum Gasteiger partial charge on any atom is 0.325 e. The fourth-order valence-electron chi connectivity index (χ4n) is 1.60. The number of aliphatic carboxylic acids is 1. The summed E-state index contributed by atoms with van der Waals surface area (Å²) in [5.74, 6) is -0.985. The molecule has 0 aliphatic carbocycles. The number of carbonyl (C=O) groups is 1. The lowest BCUT2D eigenvalue weighted by molar-refractivity contribution is -0.139. The highest BCUT2D eigenvalue weighted by molar-refractivity contribution is 6.30. The molecule has 0 aromatic heterocycles. The van der Waals surface area contributed by atoms with Gasteiger partial charge in [0.2, 0.25) is 0 Å². The Morgan fingerprint density at radius 2 is 2.39 bits per heavy atom. The van der Waals surface area contributed by atoms with Crippen molar-refractivity contribution in [3.8, 4) is 0 Å². The zero-order valence-electron chi connectivity index (χ0n) is 9.80. The zero-order valence-corrected chi connectivity index (χ0v) is 10.6. The standard InChI is InChI=1S/C11H13ClN4O2/c1-7-6-8(12)2-3-9(7)10(11(17)18)14-4-5-15-16-13/h2-3,6,10,14H,4-5H2,1H3,(H,17,18). The number of hydrogen-bond donors (Lipinski definition) is 2. The minimum Gasteiger partial charge on any atom is -0.480 e. The van der Waals surface area contributed by atoms with Gasteiger partial charge < -0.3 is 10.4 Å². The van der Waals surface area contributed by atoms with Gasteiger partial charge in [-0.05, 0) is 35.7 Å². The molecule has 0 aliphatic rings. The van der Waals surface area contributed by atoms with Crippen molar-refractivity contribution < 1.29 is 9.90 Å². The fourth-order valence-corrected chi connectivity index (χ4v) is 1.82. The van der Waals surface area contributed by atoms with Gasteiger partial charge >= 0.3 is 5.97 Å². The highest BCUT2D eigenvalue weighted by Gasteiger charge is 2.20. The average molecular weight is 269 g/mol. The molecule has 0 heterocycles. The van der Waals surface area contributed by atoms with E-state index in [1.54, 1.807) is 25.1 Å². The van der Waals surface area contributed by atoms with Gasteiger partial charge in [-0.3, -0.25) is 4.79 Å². The predicted octanol–water partition coefficient (Wildman–Crippen LogP) is 2.67. The lowest BCUT2D eigenvalue weighted by Crippen LogP contribution is -2.30. The van der Waals surface area contributed by atoms with E-state index in [0.717, 1.165) is 5.56 Å². The Bertz CT molecular complexity index is 486. The molecule has 1 unspecified atom stereocenters. The number of azide groups is 1. The Morgan fingerprint density at radius 1 is 1.67 bits per heavy atom. The van der Waals surface area contributed by atoms with E-state index < -0.39 is 12.0 Å². The van der Waals surface area contributed by atoms with Crippen LogP contribution < -0.4 is 5.32 Å². The summed E-state index contributed by atoms with van der Waals surface area (Å²) in [5.41, 5.74) is 9.58. The third kappa shape index (κ3) is 3.92. The molecule has 0 bridgehead atoms. The van der Waals surface area contributed by atoms with E-state index in [2.05, 4.69) is 15.3 Å². The van der Waals surface area contributed by atoms with Gasteiger partial charge in [0.15, 0.2) is 0 Å². The number of nitrogens with zero attached hydrogens (tertiary/aromatic N) is 3. The minimum absolute atomic E-state index is 0.201. The van der Waals surface area contributed by atoms with E-state index >= 15 is 0 Å². The normalized spacial score (nSPS) is 11.7. The zero-order chi connectivity index (χ0) is 13.5. The molecule has 0 saturated heterocycles. The Hall–Kier alpha value is -1.75. The van der Waals surface area contributed by atoms with E-state index in [4.69, 9.17) is 17.1 Å². The summed E-state index contributed by atoms with van der Waals surface area (Å²) in [5, 5.41) is 15.9. The van der Waals surface area contributed by atoms with Crippen LogP contribution in [0.4, 0.5) is 0 Å². The second-order valence-electron chi connectivity index (χ2n) is 3.68. The van der Waals surface area contributed by atoms with Crippen LogP contribution in [-0.4, -0.2) is 24.2 Å². The summed E-state index contributed by atoms with van der Waals surface area (Å²) in [6, 6.07) is 4.20. The molecule has 2 N–H and O–H groups in total. The first kappa shape index (κ1) is 14.3. The van der Waals surface area contributed by atoms with E-state index in [0.29, 0.717) is 17.1 Å². The van der Waals surface area contributed by atoms with Crippen molar-refractivity contribution in [2.45, 2.75) is 13.0 Å². The first-order valence-electron chi connectivity index (χ1n) is 5.29. The molecule has 1 rings (SSSR count). The monoisotopic (exact) mass is 268 g/mol. The molecule has 1 aromatic rings. The van der Waals surface area contributed by atoms with Gasteiger partial charge in [0, 0.05) is 23.0 Å². The lowest BCUT2D eigenvalue weighted by atomic mass is 10.0. The Kier molecular flexibility index (Phi) is 5.45. The summed E-state index contributed by atoms with van der Waals surface area (Å²) in [7, 11) is 0. The quantitative estimate of drug-likeness (QED) is 0.359. The van der Waals surface area contributed by atoms with Gasteiger partial charge in [0.1, 0.15) is 6.04 Å². The minimum atomic E-state index is -0.985. The lowest BCUT2D eigenvalue weighted by Gasteiger charge is -2.16. The highest BCUT2D eigenvalue weighted by atomic mass is 35.5. The van der Waals surface area contributed by atoms with E-state index in [9.17, 15) is 9.90 Å². The fraction of sp³-hybridized carbons (Fsp3) is 0.364. The number of nitrogens with one attached hydrogen (secondary N) is 1. The number of carboxylic acids is 1. The van der Waals surface area contributed by atoms with Crippen molar-refractivity contribution in [1.82, 2.24) is 5.32 Å². The first-order chi connectivity index (χ1) is 8.56. The Balaban J connectivity index is 2.84. The van der Waals surface area contributed by atoms with Gasteiger partial charge in [-0.1, -0.05) is 22.8 Å². The molecule has 0 amide bonds. The van der Waals surface area contributed by atoms with Crippen LogP contribution in [0.15, 0.2) is 23.3 Å². The predicted molar refractivity (Wildman–Crippen MR) is 68.6 cm³/mol. The van der Waals surface area contributed by atoms with Crippen LogP contribution in [0.3, 0.4) is 0 Å². The van der Waals surface area contributed by atoms with Crippen LogP contribution >= 0.6 is 11.6 Å². The van der Waals surface area contributed by atoms with Crippen LogP contribution in [0.1, 0.15) is 17.2 Å². The number of rotatable bonds is 6. The van der Waals surface area contributed by atoms with Gasteiger partial charge in [-0.15, -0.1) is 0 Å². The molecular weight excluding hydrogens is 256 g/mol. The summed E-state index contributed by atoms with van der Waals surface area (Å²) in [4.78, 5) is 13.8. The van der Waals surface area contributed by atoms with Gasteiger partial charge in [0.25, 0.3) is 0 Å². The molecule has 6 nitrogen and oxygen atoms in total. The number of hydrogen-bond acceptors (Lipinski definition) is 3. The van der Waals surface area contributed by atoms with Crippen molar-refractivity contribution in [3.63, 3.8) is 0 Å². The van der Waals surface area contributed by atoms with E-state index in [-0.39, 0.29) is 6.54 Å². The first-order valence-corrected chi connectivity index (χ1v) is 5.67. The average Bonchev–Trinajstić information content (AvgIpc) is 2.30. The van der Waals surface area contributed by atoms with Gasteiger partial charge in [-0.2, -0.15) is 0 Å². The van der Waals surface area contributed by atoms with Crippen LogP contribution in [0, 0.1) is 6.92 Å². The summed E-state index contributed by atoms with van der Waals surface area (Å²) in [6.07, 6.45) is 0. The Morgan fingerprint density at radius 3 is 2.94 bits per heavy atom. The number of halogens is 1. The molecule has 18 heavy (non-hydrogen) atoms. The van der Waals surface area contributed by atoms with Crippen LogP contribution in [0.25, 0.3) is 10.4 Å².